The summed E-state index contributed by atoms with van der Waals surface area (Å²) in [6.45, 7) is 12.4. The highest BCUT2D eigenvalue weighted by Gasteiger charge is 2.67. The van der Waals surface area contributed by atoms with Crippen molar-refractivity contribution < 1.29 is 48.6 Å². The Morgan fingerprint density at radius 3 is 2.35 bits per heavy atom. The number of rotatable bonds is 5. The molecule has 0 aromatic carbocycles. The standard InChI is InChI=1S/C29H47NO10/c1-10-20-27(6)13-18(24(33)34)29(39-27)14(2)12-28(7,40-29)23(16(4)21(31)17(5)25(35)37-20)38-26-22(32)19(30(8)9)11-15(3)36-26/h13-17,19-23,26,31-32H,10-12H2,1-9H3,(H,33,34)/t14-,15-,16+,17-,19+,20-,21+,22-,23-,26+,27?,28?,29?/m1/s1. The fourth-order valence-electron chi connectivity index (χ4n) is 7.27. The summed E-state index contributed by atoms with van der Waals surface area (Å²) in [6, 6.07) is -0.233. The van der Waals surface area contributed by atoms with Crippen LogP contribution in [0.4, 0.5) is 0 Å². The Labute approximate surface area is 236 Å². The lowest BCUT2D eigenvalue weighted by atomic mass is 9.78. The molecule has 3 N–H and O–H groups in total. The van der Waals surface area contributed by atoms with Gasteiger partial charge in [0, 0.05) is 17.9 Å². The molecule has 4 rings (SSSR count). The number of likely N-dealkylation sites (N-methyl/N-ethyl adjacent to an activating group) is 1. The van der Waals surface area contributed by atoms with Crippen LogP contribution < -0.4 is 0 Å². The van der Waals surface area contributed by atoms with E-state index < -0.39 is 77.4 Å². The van der Waals surface area contributed by atoms with Gasteiger partial charge in [-0.15, -0.1) is 0 Å². The minimum absolute atomic E-state index is 0.0600. The number of hydrogen-bond donors (Lipinski definition) is 3. The third-order valence-electron chi connectivity index (χ3n) is 9.48. The molecule has 3 saturated heterocycles. The van der Waals surface area contributed by atoms with Gasteiger partial charge in [-0.2, -0.15) is 0 Å². The van der Waals surface area contributed by atoms with Gasteiger partial charge in [-0.3, -0.25) is 4.79 Å². The molecule has 0 aliphatic carbocycles. The average molecular weight is 570 g/mol. The van der Waals surface area contributed by atoms with Gasteiger partial charge < -0.3 is 43.9 Å². The van der Waals surface area contributed by atoms with Gasteiger partial charge in [-0.1, -0.05) is 20.8 Å². The van der Waals surface area contributed by atoms with Crippen molar-refractivity contribution in [3.8, 4) is 0 Å². The SMILES string of the molecule is CC[C@H]1OC(=O)[C@H](C)[C@@H](O)[C@H](C)[C@@H](O[C@@H]2O[C@H](C)C[C@H](N(C)C)[C@H]2O)C2(C)C[C@@H](C)C3(OC1(C)C=C3C(=O)O)O2. The normalized spacial score (nSPS) is 49.7. The van der Waals surface area contributed by atoms with Gasteiger partial charge in [-0.05, 0) is 67.1 Å². The van der Waals surface area contributed by atoms with Gasteiger partial charge in [0.15, 0.2) is 6.29 Å². The minimum Gasteiger partial charge on any atom is -0.478 e. The van der Waals surface area contributed by atoms with Crippen LogP contribution in [0.15, 0.2) is 11.6 Å². The molecule has 0 aromatic heterocycles. The fraction of sp³-hybridized carbons (Fsp3) is 0.862. The van der Waals surface area contributed by atoms with Crippen molar-refractivity contribution in [1.29, 1.82) is 0 Å². The highest BCUT2D eigenvalue weighted by molar-refractivity contribution is 5.90. The average Bonchev–Trinajstić information content (AvgIpc) is 3.32. The Morgan fingerprint density at radius 1 is 1.12 bits per heavy atom. The molecular formula is C29H47NO10. The molecule has 3 fully saturated rings. The van der Waals surface area contributed by atoms with Crippen molar-refractivity contribution in [2.24, 2.45) is 17.8 Å². The molecule has 4 aliphatic heterocycles. The van der Waals surface area contributed by atoms with Crippen molar-refractivity contribution in [3.05, 3.63) is 11.6 Å². The number of carbonyl (C=O) groups excluding carboxylic acids is 1. The number of cyclic esters (lactones) is 1. The molecular weight excluding hydrogens is 522 g/mol. The maximum absolute atomic E-state index is 13.3. The molecule has 3 bridgehead atoms. The zero-order chi connectivity index (χ0) is 29.9. The Kier molecular flexibility index (Phi) is 8.55. The largest absolute Gasteiger partial charge is 0.478 e. The van der Waals surface area contributed by atoms with E-state index in [9.17, 15) is 24.9 Å². The summed E-state index contributed by atoms with van der Waals surface area (Å²) in [7, 11) is 3.76. The summed E-state index contributed by atoms with van der Waals surface area (Å²) < 4.78 is 31.7. The van der Waals surface area contributed by atoms with Gasteiger partial charge >= 0.3 is 11.9 Å². The monoisotopic (exact) mass is 569 g/mol. The lowest BCUT2D eigenvalue weighted by Crippen LogP contribution is -2.59. The predicted octanol–water partition coefficient (Wildman–Crippen LogP) is 2.08. The van der Waals surface area contributed by atoms with Crippen LogP contribution in [0.3, 0.4) is 0 Å². The molecule has 228 valence electrons. The van der Waals surface area contributed by atoms with E-state index in [0.717, 1.165) is 0 Å². The first-order valence-electron chi connectivity index (χ1n) is 14.4. The van der Waals surface area contributed by atoms with Crippen LogP contribution >= 0.6 is 0 Å². The first-order valence-corrected chi connectivity index (χ1v) is 14.4. The third kappa shape index (κ3) is 5.12. The molecule has 1 spiro atoms. The second-order valence-electron chi connectivity index (χ2n) is 12.9. The van der Waals surface area contributed by atoms with E-state index in [4.69, 9.17) is 23.7 Å². The molecule has 40 heavy (non-hydrogen) atoms. The van der Waals surface area contributed by atoms with Crippen LogP contribution in [0.1, 0.15) is 67.7 Å². The van der Waals surface area contributed by atoms with Crippen LogP contribution in [0, 0.1) is 17.8 Å². The Balaban J connectivity index is 1.82. The molecule has 0 radical (unpaired) electrons. The molecule has 3 unspecified atom stereocenters. The van der Waals surface area contributed by atoms with E-state index in [2.05, 4.69) is 0 Å². The Hall–Kier alpha value is -1.60. The van der Waals surface area contributed by atoms with Gasteiger partial charge in [0.05, 0.1) is 35.4 Å². The van der Waals surface area contributed by atoms with Gasteiger partial charge in [0.1, 0.15) is 17.8 Å². The Bertz CT molecular complexity index is 1020. The van der Waals surface area contributed by atoms with Crippen molar-refractivity contribution in [3.63, 3.8) is 0 Å². The van der Waals surface area contributed by atoms with E-state index in [0.29, 0.717) is 19.3 Å². The summed E-state index contributed by atoms with van der Waals surface area (Å²) >= 11 is 0. The summed E-state index contributed by atoms with van der Waals surface area (Å²) in [4.78, 5) is 27.8. The summed E-state index contributed by atoms with van der Waals surface area (Å²) in [6.07, 6.45) is -2.39. The summed E-state index contributed by atoms with van der Waals surface area (Å²) in [5, 5.41) is 33.0. The number of ether oxygens (including phenoxy) is 5. The number of hydrogen-bond acceptors (Lipinski definition) is 10. The first-order chi connectivity index (χ1) is 18.5. The smallest absolute Gasteiger partial charge is 0.336 e. The summed E-state index contributed by atoms with van der Waals surface area (Å²) in [5.41, 5.74) is -2.52. The maximum Gasteiger partial charge on any atom is 0.336 e. The first kappa shape index (κ1) is 31.3. The number of esters is 1. The van der Waals surface area contributed by atoms with E-state index in [1.54, 1.807) is 27.7 Å². The van der Waals surface area contributed by atoms with Crippen LogP contribution in [-0.4, -0.2) is 106 Å². The van der Waals surface area contributed by atoms with E-state index in [1.807, 2.05) is 39.8 Å². The molecule has 0 amide bonds. The maximum atomic E-state index is 13.3. The minimum atomic E-state index is -1.64. The van der Waals surface area contributed by atoms with Crippen LogP contribution in [-0.2, 0) is 33.3 Å². The zero-order valence-electron chi connectivity index (χ0n) is 25.1. The zero-order valence-corrected chi connectivity index (χ0v) is 25.1. The number of aliphatic hydroxyl groups is 2. The number of carbonyl (C=O) groups is 2. The van der Waals surface area contributed by atoms with E-state index >= 15 is 0 Å². The number of fused-ring (bicyclic) bond motifs is 2. The second-order valence-corrected chi connectivity index (χ2v) is 12.9. The molecule has 0 aromatic rings. The van der Waals surface area contributed by atoms with Crippen molar-refractivity contribution in [1.82, 2.24) is 4.90 Å². The highest BCUT2D eigenvalue weighted by atomic mass is 16.8. The van der Waals surface area contributed by atoms with Crippen LogP contribution in [0.25, 0.3) is 0 Å². The molecule has 4 heterocycles. The van der Waals surface area contributed by atoms with E-state index in [1.165, 1.54) is 6.08 Å². The van der Waals surface area contributed by atoms with Crippen LogP contribution in [0.2, 0.25) is 0 Å². The fourth-order valence-corrected chi connectivity index (χ4v) is 7.27. The molecule has 11 heteroatoms. The molecule has 4 aliphatic rings. The number of carboxylic acid groups (broad SMARTS) is 1. The quantitative estimate of drug-likeness (QED) is 0.419. The lowest BCUT2D eigenvalue weighted by Gasteiger charge is -2.47. The van der Waals surface area contributed by atoms with Crippen molar-refractivity contribution in [2.45, 2.75) is 128 Å². The van der Waals surface area contributed by atoms with Gasteiger partial charge in [-0.25, -0.2) is 4.79 Å². The number of aliphatic carboxylic acids is 1. The van der Waals surface area contributed by atoms with Crippen LogP contribution in [0.5, 0.6) is 0 Å². The molecule has 11 nitrogen and oxygen atoms in total. The van der Waals surface area contributed by atoms with Crippen molar-refractivity contribution >= 4 is 11.9 Å². The highest BCUT2D eigenvalue weighted by Crippen LogP contribution is 2.56. The third-order valence-corrected chi connectivity index (χ3v) is 9.48. The number of carboxylic acids is 1. The Morgan fingerprint density at radius 2 is 1.77 bits per heavy atom. The van der Waals surface area contributed by atoms with Gasteiger partial charge in [0.2, 0.25) is 5.79 Å². The lowest BCUT2D eigenvalue weighted by molar-refractivity contribution is -0.327. The second kappa shape index (κ2) is 10.9. The predicted molar refractivity (Wildman–Crippen MR) is 143 cm³/mol. The number of nitrogens with zero attached hydrogens (tertiary/aromatic N) is 1. The summed E-state index contributed by atoms with van der Waals surface area (Å²) in [5.74, 6) is -5.52. The topological polar surface area (TPSA) is 144 Å². The molecule has 13 atom stereocenters. The van der Waals surface area contributed by atoms with E-state index in [-0.39, 0.29) is 17.7 Å². The van der Waals surface area contributed by atoms with Gasteiger partial charge in [0.25, 0.3) is 0 Å². The molecule has 0 saturated carbocycles. The number of aliphatic hydroxyl groups excluding tert-OH is 2. The van der Waals surface area contributed by atoms with Crippen molar-refractivity contribution in [2.75, 3.05) is 14.1 Å².